The second-order valence-electron chi connectivity index (χ2n) is 4.71. The second-order valence-corrected chi connectivity index (χ2v) is 5.37. The topological polar surface area (TPSA) is 46.9 Å². The zero-order valence-corrected chi connectivity index (χ0v) is 12.2. The van der Waals surface area contributed by atoms with Crippen LogP contribution in [0.25, 0.3) is 11.0 Å². The average Bonchev–Trinajstić information content (AvgIpc) is 2.67. The molecule has 102 valence electrons. The lowest BCUT2D eigenvalue weighted by molar-refractivity contribution is -0.118. The van der Waals surface area contributed by atoms with Crippen molar-refractivity contribution in [3.8, 4) is 0 Å². The summed E-state index contributed by atoms with van der Waals surface area (Å²) >= 11 is 6.19. The van der Waals surface area contributed by atoms with Crippen molar-refractivity contribution in [2.45, 2.75) is 32.7 Å². The number of carbonyl (C=O) groups excluding carboxylic acids is 1. The first-order valence-electron chi connectivity index (χ1n) is 6.34. The van der Waals surface area contributed by atoms with Gasteiger partial charge >= 0.3 is 0 Å². The summed E-state index contributed by atoms with van der Waals surface area (Å²) in [6.07, 6.45) is 0. The summed E-state index contributed by atoms with van der Waals surface area (Å²) in [6.45, 7) is 6.71. The second kappa shape index (κ2) is 5.61. The van der Waals surface area contributed by atoms with Crippen LogP contribution in [0, 0.1) is 6.92 Å². The molecule has 1 atom stereocenters. The number of carbonyl (C=O) groups is 1. The van der Waals surface area contributed by atoms with Crippen LogP contribution in [0.4, 0.5) is 0 Å². The van der Waals surface area contributed by atoms with Crippen LogP contribution in [0.5, 0.6) is 0 Å². The molecular weight excluding hydrogens is 262 g/mol. The summed E-state index contributed by atoms with van der Waals surface area (Å²) in [5.74, 6) is 0.813. The lowest BCUT2D eigenvalue weighted by Gasteiger charge is -2.10. The Morgan fingerprint density at radius 3 is 2.89 bits per heavy atom. The predicted octanol–water partition coefficient (Wildman–Crippen LogP) is 2.78. The number of imidazole rings is 1. The number of benzene rings is 1. The summed E-state index contributed by atoms with van der Waals surface area (Å²) in [4.78, 5) is 15.5. The molecule has 1 N–H and O–H groups in total. The van der Waals surface area contributed by atoms with Crippen LogP contribution in [-0.4, -0.2) is 22.0 Å². The van der Waals surface area contributed by atoms with Gasteiger partial charge in [0.15, 0.2) is 0 Å². The lowest BCUT2D eigenvalue weighted by atomic mass is 10.2. The molecule has 0 bridgehead atoms. The van der Waals surface area contributed by atoms with Crippen LogP contribution in [0.3, 0.4) is 0 Å². The van der Waals surface area contributed by atoms with E-state index in [-0.39, 0.29) is 11.3 Å². The van der Waals surface area contributed by atoms with Gasteiger partial charge in [0.2, 0.25) is 5.91 Å². The Morgan fingerprint density at radius 2 is 2.26 bits per heavy atom. The maximum Gasteiger partial charge on any atom is 0.216 e. The van der Waals surface area contributed by atoms with E-state index in [4.69, 9.17) is 11.6 Å². The molecule has 5 heteroatoms. The van der Waals surface area contributed by atoms with Gasteiger partial charge in [0.05, 0.1) is 16.4 Å². The van der Waals surface area contributed by atoms with E-state index in [0.29, 0.717) is 13.1 Å². The number of nitrogens with one attached hydrogen (secondary N) is 1. The van der Waals surface area contributed by atoms with E-state index in [1.165, 1.54) is 12.5 Å². The Hall–Kier alpha value is -1.55. The third kappa shape index (κ3) is 3.07. The van der Waals surface area contributed by atoms with Crippen molar-refractivity contribution in [3.05, 3.63) is 29.6 Å². The van der Waals surface area contributed by atoms with Crippen molar-refractivity contribution in [1.29, 1.82) is 0 Å². The molecule has 19 heavy (non-hydrogen) atoms. The van der Waals surface area contributed by atoms with Crippen LogP contribution in [0.2, 0.25) is 0 Å². The monoisotopic (exact) mass is 279 g/mol. The van der Waals surface area contributed by atoms with Crippen molar-refractivity contribution in [2.75, 3.05) is 6.54 Å². The molecule has 4 nitrogen and oxygen atoms in total. The van der Waals surface area contributed by atoms with Gasteiger partial charge in [0.25, 0.3) is 0 Å². The van der Waals surface area contributed by atoms with Crippen LogP contribution in [0.15, 0.2) is 18.2 Å². The fourth-order valence-corrected chi connectivity index (χ4v) is 2.31. The van der Waals surface area contributed by atoms with E-state index in [9.17, 15) is 4.79 Å². The first-order valence-corrected chi connectivity index (χ1v) is 6.78. The maximum absolute atomic E-state index is 10.9. The highest BCUT2D eigenvalue weighted by molar-refractivity contribution is 6.20. The fourth-order valence-electron chi connectivity index (χ4n) is 2.14. The standard InChI is InChI=1S/C14H18ClN3O/c1-9-4-5-13-12(8-9)17-14(10(2)15)18(13)7-6-16-11(3)19/h4-5,8,10H,6-7H2,1-3H3,(H,16,19). The van der Waals surface area contributed by atoms with Crippen molar-refractivity contribution >= 4 is 28.5 Å². The molecule has 1 aromatic heterocycles. The number of aromatic nitrogens is 2. The molecule has 1 aromatic carbocycles. The smallest absolute Gasteiger partial charge is 0.216 e. The Morgan fingerprint density at radius 1 is 1.53 bits per heavy atom. The number of alkyl halides is 1. The molecule has 0 spiro atoms. The summed E-state index contributed by atoms with van der Waals surface area (Å²) < 4.78 is 2.07. The number of amides is 1. The minimum absolute atomic E-state index is 0.0271. The number of hydrogen-bond donors (Lipinski definition) is 1. The molecule has 1 unspecified atom stereocenters. The molecular formula is C14H18ClN3O. The third-order valence-electron chi connectivity index (χ3n) is 3.00. The van der Waals surface area contributed by atoms with Gasteiger partial charge in [-0.2, -0.15) is 0 Å². The van der Waals surface area contributed by atoms with Gasteiger partial charge in [-0.3, -0.25) is 4.79 Å². The van der Waals surface area contributed by atoms with Crippen LogP contribution < -0.4 is 5.32 Å². The molecule has 0 fully saturated rings. The molecule has 1 amide bonds. The van der Waals surface area contributed by atoms with E-state index in [2.05, 4.69) is 20.9 Å². The molecule has 2 aromatic rings. The van der Waals surface area contributed by atoms with Gasteiger partial charge in [0.1, 0.15) is 5.82 Å². The van der Waals surface area contributed by atoms with Crippen LogP contribution in [0.1, 0.15) is 30.6 Å². The first-order chi connectivity index (χ1) is 8.99. The molecule has 0 saturated heterocycles. The third-order valence-corrected chi connectivity index (χ3v) is 3.19. The minimum Gasteiger partial charge on any atom is -0.355 e. The number of nitrogens with zero attached hydrogens (tertiary/aromatic N) is 2. The van der Waals surface area contributed by atoms with Gasteiger partial charge in [-0.25, -0.2) is 4.98 Å². The molecule has 1 heterocycles. The highest BCUT2D eigenvalue weighted by Gasteiger charge is 2.14. The maximum atomic E-state index is 10.9. The SMILES string of the molecule is CC(=O)NCCn1c(C(C)Cl)nc2cc(C)ccc21. The first kappa shape index (κ1) is 13.9. The summed E-state index contributed by atoms with van der Waals surface area (Å²) in [5, 5.41) is 2.63. The number of hydrogen-bond acceptors (Lipinski definition) is 2. The van der Waals surface area contributed by atoms with E-state index >= 15 is 0 Å². The average molecular weight is 280 g/mol. The van der Waals surface area contributed by atoms with Crippen LogP contribution >= 0.6 is 11.6 Å². The van der Waals surface area contributed by atoms with E-state index in [1.807, 2.05) is 26.0 Å². The molecule has 0 radical (unpaired) electrons. The van der Waals surface area contributed by atoms with Gasteiger partial charge in [-0.15, -0.1) is 11.6 Å². The van der Waals surface area contributed by atoms with Crippen molar-refractivity contribution in [3.63, 3.8) is 0 Å². The van der Waals surface area contributed by atoms with Crippen molar-refractivity contribution in [1.82, 2.24) is 14.9 Å². The lowest BCUT2D eigenvalue weighted by Crippen LogP contribution is -2.25. The number of aryl methyl sites for hydroxylation is 1. The predicted molar refractivity (Wildman–Crippen MR) is 77.4 cm³/mol. The minimum atomic E-state index is -0.162. The molecule has 0 aliphatic carbocycles. The largest absolute Gasteiger partial charge is 0.355 e. The Kier molecular flexibility index (Phi) is 4.10. The van der Waals surface area contributed by atoms with E-state index < -0.39 is 0 Å². The zero-order valence-electron chi connectivity index (χ0n) is 11.4. The normalized spacial score (nSPS) is 12.6. The molecule has 0 aliphatic heterocycles. The van der Waals surface area contributed by atoms with Crippen molar-refractivity contribution < 1.29 is 4.79 Å². The molecule has 0 aliphatic rings. The zero-order chi connectivity index (χ0) is 14.0. The van der Waals surface area contributed by atoms with Crippen LogP contribution in [-0.2, 0) is 11.3 Å². The van der Waals surface area contributed by atoms with Gasteiger partial charge in [0, 0.05) is 20.0 Å². The quantitative estimate of drug-likeness (QED) is 0.875. The van der Waals surface area contributed by atoms with E-state index in [1.54, 1.807) is 0 Å². The number of halogens is 1. The summed E-state index contributed by atoms with van der Waals surface area (Å²) in [5.41, 5.74) is 3.18. The van der Waals surface area contributed by atoms with E-state index in [0.717, 1.165) is 16.9 Å². The molecule has 0 saturated carbocycles. The van der Waals surface area contributed by atoms with Gasteiger partial charge in [-0.1, -0.05) is 6.07 Å². The Labute approximate surface area is 117 Å². The Bertz CT molecular complexity index is 604. The highest BCUT2D eigenvalue weighted by atomic mass is 35.5. The van der Waals surface area contributed by atoms with Gasteiger partial charge < -0.3 is 9.88 Å². The number of fused-ring (bicyclic) bond motifs is 1. The van der Waals surface area contributed by atoms with Crippen molar-refractivity contribution in [2.24, 2.45) is 0 Å². The summed E-state index contributed by atoms with van der Waals surface area (Å²) in [6, 6.07) is 6.16. The summed E-state index contributed by atoms with van der Waals surface area (Å²) in [7, 11) is 0. The fraction of sp³-hybridized carbons (Fsp3) is 0.429. The highest BCUT2D eigenvalue weighted by Crippen LogP contribution is 2.24. The molecule has 2 rings (SSSR count). The van der Waals surface area contributed by atoms with Gasteiger partial charge in [-0.05, 0) is 31.5 Å². The number of rotatable bonds is 4. The Balaban J connectivity index is 2.37.